The van der Waals surface area contributed by atoms with Crippen molar-refractivity contribution in [2.75, 3.05) is 47.9 Å². The highest BCUT2D eigenvalue weighted by Crippen LogP contribution is 2.34. The average Bonchev–Trinajstić information content (AvgIpc) is 4.04. The molecule has 1 fully saturated rings. The van der Waals surface area contributed by atoms with Gasteiger partial charge in [-0.15, -0.1) is 11.3 Å². The van der Waals surface area contributed by atoms with Crippen LogP contribution in [0.25, 0.3) is 0 Å². The molecule has 10 atom stereocenters. The third kappa shape index (κ3) is 16.5. The number of likely N-dealkylation sites (N-methyl/N-ethyl adjacent to an activating group) is 2. The van der Waals surface area contributed by atoms with Gasteiger partial charge in [-0.05, 0) is 62.0 Å². The molecule has 1 aliphatic rings. The maximum absolute atomic E-state index is 14.7. The number of ether oxygens (including phenoxy) is 2. The van der Waals surface area contributed by atoms with Crippen LogP contribution in [0.1, 0.15) is 136 Å². The first-order valence-corrected chi connectivity index (χ1v) is 26.0. The number of aromatic nitrogens is 1. The summed E-state index contributed by atoms with van der Waals surface area (Å²) in [5.41, 5.74) is 6.73. The number of amides is 4. The number of unbranched alkanes of at least 4 members (excludes halogenated alkanes) is 1. The molecule has 382 valence electrons. The number of methoxy groups -OCH3 is 2. The molecule has 1 unspecified atom stereocenters. The molecule has 3 N–H and O–H groups in total. The third-order valence-corrected chi connectivity index (χ3v) is 15.4. The largest absolute Gasteiger partial charge is 0.379 e. The zero-order valence-electron chi connectivity index (χ0n) is 43.4. The van der Waals surface area contributed by atoms with Gasteiger partial charge in [-0.25, -0.2) is 4.98 Å². The van der Waals surface area contributed by atoms with Gasteiger partial charge in [0, 0.05) is 95.9 Å². The number of nitrogens with zero attached hydrogens (tertiary/aromatic N) is 4. The number of thiazole rings is 1. The van der Waals surface area contributed by atoms with Crippen molar-refractivity contribution in [3.05, 3.63) is 52.5 Å². The molecule has 0 bridgehead atoms. The number of hydrogen-bond acceptors (Lipinski definition) is 11. The van der Waals surface area contributed by atoms with E-state index in [1.807, 2.05) is 83.9 Å². The van der Waals surface area contributed by atoms with E-state index in [9.17, 15) is 28.8 Å². The van der Waals surface area contributed by atoms with E-state index in [4.69, 9.17) is 15.2 Å². The Labute approximate surface area is 412 Å². The van der Waals surface area contributed by atoms with Crippen molar-refractivity contribution in [2.24, 2.45) is 41.2 Å². The van der Waals surface area contributed by atoms with Gasteiger partial charge in [0.05, 0.1) is 41.8 Å². The highest BCUT2D eigenvalue weighted by molar-refractivity contribution is 7.09. The molecule has 1 saturated heterocycles. The number of carbonyl (C=O) groups excluding carboxylic acids is 6. The van der Waals surface area contributed by atoms with Gasteiger partial charge in [-0.3, -0.25) is 28.8 Å². The summed E-state index contributed by atoms with van der Waals surface area (Å²) in [4.78, 5) is 93.2. The van der Waals surface area contributed by atoms with Crippen LogP contribution in [0.3, 0.4) is 0 Å². The Balaban J connectivity index is 1.74. The molecule has 15 heteroatoms. The van der Waals surface area contributed by atoms with Crippen LogP contribution in [-0.4, -0.2) is 133 Å². The molecule has 0 radical (unpaired) electrons. The summed E-state index contributed by atoms with van der Waals surface area (Å²) in [7, 11) is 6.53. The fraction of sp³-hybridized carbons (Fsp3) is 0.717. The van der Waals surface area contributed by atoms with Crippen molar-refractivity contribution in [3.63, 3.8) is 0 Å². The fourth-order valence-electron chi connectivity index (χ4n) is 10.1. The summed E-state index contributed by atoms with van der Waals surface area (Å²) in [6, 6.07) is 8.56. The van der Waals surface area contributed by atoms with Crippen LogP contribution in [0.4, 0.5) is 0 Å². The quantitative estimate of drug-likeness (QED) is 0.0727. The first-order chi connectivity index (χ1) is 32.3. The van der Waals surface area contributed by atoms with E-state index in [-0.39, 0.29) is 96.6 Å². The first-order valence-electron chi connectivity index (χ1n) is 25.2. The number of Topliss-reactive ketones (excluding diaryl/α,β-unsaturated/α-hetero) is 2. The van der Waals surface area contributed by atoms with Gasteiger partial charge in [-0.2, -0.15) is 0 Å². The van der Waals surface area contributed by atoms with Gasteiger partial charge < -0.3 is 35.2 Å². The molecule has 0 spiro atoms. The summed E-state index contributed by atoms with van der Waals surface area (Å²) in [5.74, 6) is -2.79. The maximum Gasteiger partial charge on any atom is 0.226 e. The number of benzene rings is 1. The van der Waals surface area contributed by atoms with Crippen LogP contribution >= 0.6 is 11.3 Å². The fourth-order valence-corrected chi connectivity index (χ4v) is 10.9. The van der Waals surface area contributed by atoms with E-state index in [0.29, 0.717) is 38.8 Å². The topological polar surface area (TPSA) is 182 Å². The van der Waals surface area contributed by atoms with Gasteiger partial charge in [0.1, 0.15) is 5.78 Å². The maximum atomic E-state index is 14.7. The van der Waals surface area contributed by atoms with E-state index >= 15 is 0 Å². The predicted molar refractivity (Wildman–Crippen MR) is 270 cm³/mol. The van der Waals surface area contributed by atoms with Crippen molar-refractivity contribution < 1.29 is 38.2 Å². The number of rotatable bonds is 31. The lowest BCUT2D eigenvalue weighted by atomic mass is 9.83. The number of nitrogens with one attached hydrogen (secondary N) is 1. The van der Waals surface area contributed by atoms with Crippen molar-refractivity contribution in [1.29, 1.82) is 0 Å². The van der Waals surface area contributed by atoms with Crippen LogP contribution in [0.5, 0.6) is 0 Å². The highest BCUT2D eigenvalue weighted by atomic mass is 32.1. The molecule has 2 aromatic rings. The molecule has 0 aliphatic carbocycles. The van der Waals surface area contributed by atoms with Crippen LogP contribution in [0.2, 0.25) is 0 Å². The molecule has 3 rings (SSSR count). The molecule has 4 amide bonds. The highest BCUT2D eigenvalue weighted by Gasteiger charge is 2.43. The number of hydrogen-bond donors (Lipinski definition) is 2. The molecule has 1 aromatic heterocycles. The molecular weight excluding hydrogens is 881 g/mol. The van der Waals surface area contributed by atoms with Crippen LogP contribution in [0, 0.1) is 35.5 Å². The van der Waals surface area contributed by atoms with Gasteiger partial charge in [0.25, 0.3) is 0 Å². The molecule has 2 heterocycles. The van der Waals surface area contributed by atoms with E-state index < -0.39 is 36.1 Å². The Morgan fingerprint density at radius 2 is 1.59 bits per heavy atom. The Bertz CT molecular complexity index is 1860. The van der Waals surface area contributed by atoms with Crippen molar-refractivity contribution >= 4 is 46.5 Å². The Morgan fingerprint density at radius 1 is 0.897 bits per heavy atom. The van der Waals surface area contributed by atoms with Crippen molar-refractivity contribution in [2.45, 2.75) is 162 Å². The molecule has 14 nitrogen and oxygen atoms in total. The van der Waals surface area contributed by atoms with Crippen LogP contribution in [0.15, 0.2) is 41.9 Å². The van der Waals surface area contributed by atoms with E-state index in [0.717, 1.165) is 36.3 Å². The summed E-state index contributed by atoms with van der Waals surface area (Å²) in [6.45, 7) is 16.7. The van der Waals surface area contributed by atoms with E-state index in [1.54, 1.807) is 50.7 Å². The zero-order chi connectivity index (χ0) is 50.7. The van der Waals surface area contributed by atoms with Gasteiger partial charge in [0.15, 0.2) is 5.78 Å². The Hall–Kier alpha value is -4.05. The number of ketones is 2. The summed E-state index contributed by atoms with van der Waals surface area (Å²) < 4.78 is 12.2. The Kier molecular flexibility index (Phi) is 25.0. The lowest BCUT2D eigenvalue weighted by molar-refractivity contribution is -0.149. The first kappa shape index (κ1) is 58.3. The molecule has 1 aliphatic heterocycles. The second-order valence-corrected chi connectivity index (χ2v) is 20.9. The molecular formula is C53H86N6O8S. The van der Waals surface area contributed by atoms with Crippen molar-refractivity contribution in [3.8, 4) is 0 Å². The number of carbonyl (C=O) groups is 6. The molecule has 68 heavy (non-hydrogen) atoms. The van der Waals surface area contributed by atoms with E-state index in [1.165, 1.54) is 4.90 Å². The lowest BCUT2D eigenvalue weighted by Crippen LogP contribution is -2.54. The predicted octanol–water partition coefficient (Wildman–Crippen LogP) is 7.33. The summed E-state index contributed by atoms with van der Waals surface area (Å²) >= 11 is 1.56. The lowest BCUT2D eigenvalue weighted by Gasteiger charge is -2.41. The standard InChI is InChI=1S/C53H86N6O8S/c1-13-36(6)49(58(10)53(65)41(34(2)3)32-44(61)48(35(4)5)57(9)46(62)24-26-55-51(64)37(7)20-17-18-25-54)45(66-11)33-47(63)59-28-19-23-42(59)50(67-12)38(8)43(60)31-40(52-56-27-29-68-52)30-39-21-15-14-16-22-39/h14-16,21-22,27,29,34-38,40-42,45,48-50H,13,17-20,23-26,28,30-33,54H2,1-12H3,(H,55,64)/t36-,37-,38-,40+,41-,42-,45+,48?,49-,50+/m0/s1. The van der Waals surface area contributed by atoms with Crippen LogP contribution < -0.4 is 11.1 Å². The molecule has 0 saturated carbocycles. The van der Waals surface area contributed by atoms with Crippen molar-refractivity contribution in [1.82, 2.24) is 25.0 Å². The third-order valence-electron chi connectivity index (χ3n) is 14.4. The average molecular weight is 967 g/mol. The van der Waals surface area contributed by atoms with Gasteiger partial charge >= 0.3 is 0 Å². The minimum atomic E-state index is -0.765. The smallest absolute Gasteiger partial charge is 0.226 e. The normalized spacial score (nSPS) is 18.0. The number of likely N-dealkylation sites (tertiary alicyclic amines) is 1. The second kappa shape index (κ2) is 29.2. The van der Waals surface area contributed by atoms with Gasteiger partial charge in [-0.1, -0.05) is 98.6 Å². The summed E-state index contributed by atoms with van der Waals surface area (Å²) in [6.07, 6.45) is 6.20. The number of nitrogens with two attached hydrogens (primary N) is 1. The Morgan fingerprint density at radius 3 is 2.16 bits per heavy atom. The van der Waals surface area contributed by atoms with Crippen LogP contribution in [-0.2, 0) is 44.7 Å². The monoisotopic (exact) mass is 967 g/mol. The SMILES string of the molecule is CC[C@H](C)[C@@H]([C@@H](CC(=O)N1CCC[C@H]1[C@H](OC)[C@@H](C)C(=O)C[C@@H](Cc1ccccc1)c1nccs1)OC)N(C)C(=O)[C@@H](CC(=O)C(C(C)C)N(C)C(=O)CCNC(=O)[C@@H](C)CCCCN)C(C)C. The zero-order valence-corrected chi connectivity index (χ0v) is 44.2. The van der Waals surface area contributed by atoms with Gasteiger partial charge in [0.2, 0.25) is 23.6 Å². The summed E-state index contributed by atoms with van der Waals surface area (Å²) in [5, 5.41) is 5.72. The minimum absolute atomic E-state index is 0.0167. The molecule has 1 aromatic carbocycles. The second-order valence-electron chi connectivity index (χ2n) is 20.0. The minimum Gasteiger partial charge on any atom is -0.379 e. The van der Waals surface area contributed by atoms with E-state index in [2.05, 4.69) is 22.4 Å².